The van der Waals surface area contributed by atoms with Gasteiger partial charge in [-0.1, -0.05) is 24.3 Å². The van der Waals surface area contributed by atoms with Gasteiger partial charge in [-0.15, -0.1) is 0 Å². The molecule has 0 radical (unpaired) electrons. The maximum absolute atomic E-state index is 13.1. The average molecular weight is 499 g/mol. The summed E-state index contributed by atoms with van der Waals surface area (Å²) in [4.78, 5) is 13.9. The first-order valence-electron chi connectivity index (χ1n) is 13.0. The third kappa shape index (κ3) is 5.53. The molecule has 3 aromatic rings. The minimum Gasteiger partial charge on any atom is -0.393 e. The number of hydrogen-bond donors (Lipinski definition) is 2. The smallest absolute Gasteiger partial charge is 0.258 e. The van der Waals surface area contributed by atoms with Gasteiger partial charge in [-0.05, 0) is 50.8 Å². The summed E-state index contributed by atoms with van der Waals surface area (Å²) in [6.45, 7) is 6.74. The molecule has 2 aliphatic rings. The Kier molecular flexibility index (Phi) is 7.50. The van der Waals surface area contributed by atoms with E-state index in [1.165, 1.54) is 12.5 Å². The third-order valence-corrected chi connectivity index (χ3v) is 7.63. The molecule has 1 saturated heterocycles. The number of alkyl halides is 2. The monoisotopic (exact) mass is 498 g/mol. The summed E-state index contributed by atoms with van der Waals surface area (Å²) in [5.41, 5.74) is 4.15. The highest BCUT2D eigenvalue weighted by Crippen LogP contribution is 2.37. The molecule has 1 atom stereocenters. The van der Waals surface area contributed by atoms with E-state index >= 15 is 0 Å². The Morgan fingerprint density at radius 1 is 1.06 bits per heavy atom. The lowest BCUT2D eigenvalue weighted by Gasteiger charge is -2.32. The summed E-state index contributed by atoms with van der Waals surface area (Å²) in [7, 11) is 2.17. The van der Waals surface area contributed by atoms with E-state index in [4.69, 9.17) is 0 Å². The van der Waals surface area contributed by atoms with Crippen LogP contribution in [-0.4, -0.2) is 81.2 Å². The van der Waals surface area contributed by atoms with Gasteiger partial charge in [0.2, 0.25) is 5.95 Å². The van der Waals surface area contributed by atoms with Crippen molar-refractivity contribution in [1.82, 2.24) is 24.3 Å². The van der Waals surface area contributed by atoms with Crippen LogP contribution in [0.15, 0.2) is 36.7 Å². The van der Waals surface area contributed by atoms with Gasteiger partial charge < -0.3 is 19.9 Å². The Morgan fingerprint density at radius 3 is 2.42 bits per heavy atom. The molecule has 194 valence electrons. The van der Waals surface area contributed by atoms with Crippen molar-refractivity contribution in [3.63, 3.8) is 0 Å². The van der Waals surface area contributed by atoms with Crippen molar-refractivity contribution in [3.8, 4) is 11.1 Å². The van der Waals surface area contributed by atoms with Gasteiger partial charge in [0.25, 0.3) is 6.43 Å². The molecule has 2 aromatic heterocycles. The molecule has 0 amide bonds. The number of rotatable bonds is 7. The van der Waals surface area contributed by atoms with Crippen molar-refractivity contribution in [2.24, 2.45) is 0 Å². The van der Waals surface area contributed by atoms with E-state index in [0.717, 1.165) is 80.6 Å². The molecule has 0 unspecified atom stereocenters. The van der Waals surface area contributed by atoms with Gasteiger partial charge in [0.1, 0.15) is 5.65 Å². The van der Waals surface area contributed by atoms with Crippen LogP contribution in [0, 0.1) is 0 Å². The molecule has 1 aliphatic heterocycles. The number of aliphatic hydroxyl groups is 1. The lowest BCUT2D eigenvalue weighted by molar-refractivity contribution is 0.111. The van der Waals surface area contributed by atoms with Crippen molar-refractivity contribution < 1.29 is 13.9 Å². The number of halogens is 2. The number of nitrogens with one attached hydrogen (secondary N) is 1. The van der Waals surface area contributed by atoms with Crippen molar-refractivity contribution in [1.29, 1.82) is 0 Å². The first-order chi connectivity index (χ1) is 17.4. The number of aliphatic hydroxyl groups excluding tert-OH is 1. The fourth-order valence-corrected chi connectivity index (χ4v) is 5.26. The fourth-order valence-electron chi connectivity index (χ4n) is 5.26. The fraction of sp³-hybridized carbons (Fsp3) is 0.556. The van der Waals surface area contributed by atoms with Crippen LogP contribution in [0.2, 0.25) is 0 Å². The Hall–Kier alpha value is -2.62. The first-order valence-corrected chi connectivity index (χ1v) is 13.0. The van der Waals surface area contributed by atoms with Crippen LogP contribution < -0.4 is 5.32 Å². The minimum absolute atomic E-state index is 0.205. The summed E-state index contributed by atoms with van der Waals surface area (Å²) in [5.74, 6) is 0.208. The van der Waals surface area contributed by atoms with Crippen molar-refractivity contribution in [2.45, 2.75) is 63.8 Å². The van der Waals surface area contributed by atoms with Crippen LogP contribution in [0.3, 0.4) is 0 Å². The Morgan fingerprint density at radius 2 is 1.75 bits per heavy atom. The molecule has 9 heteroatoms. The van der Waals surface area contributed by atoms with E-state index in [1.54, 1.807) is 6.20 Å². The van der Waals surface area contributed by atoms with Crippen LogP contribution in [0.25, 0.3) is 22.2 Å². The normalized spacial score (nSPS) is 22.8. The quantitative estimate of drug-likeness (QED) is 0.504. The van der Waals surface area contributed by atoms with Gasteiger partial charge in [0.05, 0.1) is 12.1 Å². The lowest BCUT2D eigenvalue weighted by atomic mass is 9.93. The molecule has 0 bridgehead atoms. The Balaban J connectivity index is 1.44. The molecule has 7 nitrogen and oxygen atoms in total. The van der Waals surface area contributed by atoms with Crippen LogP contribution in [-0.2, 0) is 6.54 Å². The molecule has 36 heavy (non-hydrogen) atoms. The summed E-state index contributed by atoms with van der Waals surface area (Å²) < 4.78 is 28.4. The second-order valence-electron chi connectivity index (χ2n) is 10.4. The number of fused-ring (bicyclic) bond motifs is 1. The molecule has 3 heterocycles. The van der Waals surface area contributed by atoms with Crippen LogP contribution in [0.1, 0.15) is 44.2 Å². The minimum atomic E-state index is -2.50. The molecule has 2 N–H and O–H groups in total. The SMILES string of the molecule is C[C@H](Nc1ncc2c(-c3ccc(CN4CCN(C)CC4)cc3)cn([C@H]3CC[C@H](O)CC3)c2n1)C(F)F. The zero-order valence-electron chi connectivity index (χ0n) is 21.1. The van der Waals surface area contributed by atoms with E-state index in [-0.39, 0.29) is 18.1 Å². The number of piperazine rings is 1. The number of anilines is 1. The predicted molar refractivity (Wildman–Crippen MR) is 138 cm³/mol. The molecule has 0 spiro atoms. The van der Waals surface area contributed by atoms with Crippen molar-refractivity contribution in [3.05, 3.63) is 42.2 Å². The molecule has 2 fully saturated rings. The highest BCUT2D eigenvalue weighted by atomic mass is 19.3. The Bertz CT molecular complexity index is 1150. The van der Waals surface area contributed by atoms with Crippen LogP contribution >= 0.6 is 0 Å². The lowest BCUT2D eigenvalue weighted by Crippen LogP contribution is -2.43. The zero-order valence-corrected chi connectivity index (χ0v) is 21.1. The molecule has 5 rings (SSSR count). The maximum Gasteiger partial charge on any atom is 0.258 e. The standard InChI is InChI=1S/C27H36F2N6O/c1-18(25(28)29)31-27-30-15-23-24(17-35(26(23)32-27)21-7-9-22(36)10-8-21)20-5-3-19(4-6-20)16-34-13-11-33(2)12-14-34/h3-6,15,17-18,21-22,25,36H,7-14,16H2,1-2H3,(H,30,31,32)/t18-,21-,22-/m0/s1. The van der Waals surface area contributed by atoms with Gasteiger partial charge in [0, 0.05) is 62.1 Å². The Labute approximate surface area is 211 Å². The van der Waals surface area contributed by atoms with E-state index in [0.29, 0.717) is 0 Å². The number of benzene rings is 1. The molecule has 1 aromatic carbocycles. The van der Waals surface area contributed by atoms with E-state index in [1.807, 2.05) is 0 Å². The van der Waals surface area contributed by atoms with Crippen molar-refractivity contribution in [2.75, 3.05) is 38.5 Å². The van der Waals surface area contributed by atoms with Gasteiger partial charge >= 0.3 is 0 Å². The second-order valence-corrected chi connectivity index (χ2v) is 10.4. The van der Waals surface area contributed by atoms with Crippen molar-refractivity contribution >= 4 is 17.0 Å². The highest BCUT2D eigenvalue weighted by Gasteiger charge is 2.25. The number of nitrogens with zero attached hydrogens (tertiary/aromatic N) is 5. The summed E-state index contributed by atoms with van der Waals surface area (Å²) in [6, 6.07) is 7.85. The highest BCUT2D eigenvalue weighted by molar-refractivity contribution is 5.94. The van der Waals surface area contributed by atoms with Gasteiger partial charge in [-0.3, -0.25) is 4.90 Å². The largest absolute Gasteiger partial charge is 0.393 e. The van der Waals surface area contributed by atoms with E-state index in [2.05, 4.69) is 67.2 Å². The molecular weight excluding hydrogens is 462 g/mol. The summed E-state index contributed by atoms with van der Waals surface area (Å²) in [6.07, 6.45) is 4.31. The summed E-state index contributed by atoms with van der Waals surface area (Å²) in [5, 5.41) is 13.6. The van der Waals surface area contributed by atoms with E-state index < -0.39 is 12.5 Å². The number of hydrogen-bond acceptors (Lipinski definition) is 6. The second kappa shape index (κ2) is 10.8. The maximum atomic E-state index is 13.1. The third-order valence-electron chi connectivity index (χ3n) is 7.63. The van der Waals surface area contributed by atoms with Gasteiger partial charge in [0.15, 0.2) is 0 Å². The van der Waals surface area contributed by atoms with Crippen LogP contribution in [0.4, 0.5) is 14.7 Å². The van der Waals surface area contributed by atoms with E-state index in [9.17, 15) is 13.9 Å². The predicted octanol–water partition coefficient (Wildman–Crippen LogP) is 4.39. The topological polar surface area (TPSA) is 69.5 Å². The molecular formula is C27H36F2N6O. The first kappa shape index (κ1) is 25.0. The molecule has 1 saturated carbocycles. The zero-order chi connectivity index (χ0) is 25.2. The number of likely N-dealkylation sites (N-methyl/N-ethyl adjacent to an activating group) is 1. The average Bonchev–Trinajstić information content (AvgIpc) is 3.25. The number of aromatic nitrogens is 3. The van der Waals surface area contributed by atoms with Gasteiger partial charge in [-0.2, -0.15) is 4.98 Å². The van der Waals surface area contributed by atoms with Crippen LogP contribution in [0.5, 0.6) is 0 Å². The molecule has 1 aliphatic carbocycles. The van der Waals surface area contributed by atoms with Gasteiger partial charge in [-0.25, -0.2) is 13.8 Å². The summed E-state index contributed by atoms with van der Waals surface area (Å²) >= 11 is 0.